The summed E-state index contributed by atoms with van der Waals surface area (Å²) in [7, 11) is 0. The molecule has 8 nitrogen and oxygen atoms in total. The van der Waals surface area contributed by atoms with Crippen LogP contribution in [-0.2, 0) is 24.5 Å². The quantitative estimate of drug-likeness (QED) is 0.688. The fraction of sp³-hybridized carbons (Fsp3) is 0.304. The minimum Gasteiger partial charge on any atom is -0.455 e. The van der Waals surface area contributed by atoms with E-state index in [0.717, 1.165) is 5.56 Å². The van der Waals surface area contributed by atoms with E-state index >= 15 is 0 Å². The van der Waals surface area contributed by atoms with E-state index in [9.17, 15) is 19.2 Å². The van der Waals surface area contributed by atoms with Crippen molar-refractivity contribution in [3.8, 4) is 0 Å². The van der Waals surface area contributed by atoms with E-state index in [1.54, 1.807) is 17.0 Å². The Morgan fingerprint density at radius 2 is 1.61 bits per heavy atom. The number of hydrogen-bond acceptors (Lipinski definition) is 5. The van der Waals surface area contributed by atoms with Crippen molar-refractivity contribution in [1.29, 1.82) is 0 Å². The molecule has 2 aromatic rings. The van der Waals surface area contributed by atoms with Gasteiger partial charge < -0.3 is 20.7 Å². The lowest BCUT2D eigenvalue weighted by atomic mass is 9.72. The highest BCUT2D eigenvalue weighted by atomic mass is 16.5. The third-order valence-corrected chi connectivity index (χ3v) is 5.57. The van der Waals surface area contributed by atoms with Gasteiger partial charge in [0.25, 0.3) is 5.91 Å². The molecule has 0 atom stereocenters. The number of likely N-dealkylation sites (tertiary alicyclic amines) is 1. The average molecular weight is 423 g/mol. The zero-order valence-electron chi connectivity index (χ0n) is 17.3. The van der Waals surface area contributed by atoms with Crippen LogP contribution in [0.4, 0.5) is 5.69 Å². The lowest BCUT2D eigenvalue weighted by Crippen LogP contribution is -2.49. The van der Waals surface area contributed by atoms with Gasteiger partial charge in [-0.05, 0) is 42.7 Å². The first-order valence-electron chi connectivity index (χ1n) is 10.00. The van der Waals surface area contributed by atoms with Crippen molar-refractivity contribution < 1.29 is 23.9 Å². The van der Waals surface area contributed by atoms with Gasteiger partial charge in [0, 0.05) is 31.3 Å². The monoisotopic (exact) mass is 423 g/mol. The third kappa shape index (κ3) is 5.09. The van der Waals surface area contributed by atoms with Crippen molar-refractivity contribution in [3.05, 3.63) is 65.7 Å². The number of amides is 3. The van der Waals surface area contributed by atoms with Crippen LogP contribution in [0.25, 0.3) is 0 Å². The maximum absolute atomic E-state index is 13.1. The Morgan fingerprint density at radius 1 is 1.00 bits per heavy atom. The number of primary amides is 1. The first-order valence-corrected chi connectivity index (χ1v) is 10.00. The van der Waals surface area contributed by atoms with Gasteiger partial charge in [-0.2, -0.15) is 0 Å². The SMILES string of the molecule is CC(=O)N1CCC(C(=O)OCC(=O)Nc2ccc(C(N)=O)cc2)(c2ccccc2)CC1. The molecule has 1 aliphatic rings. The van der Waals surface area contributed by atoms with Gasteiger partial charge in [-0.3, -0.25) is 19.2 Å². The molecule has 0 radical (unpaired) electrons. The molecule has 3 rings (SSSR count). The van der Waals surface area contributed by atoms with Gasteiger partial charge in [0.2, 0.25) is 11.8 Å². The lowest BCUT2D eigenvalue weighted by Gasteiger charge is -2.40. The molecule has 0 aromatic heterocycles. The fourth-order valence-electron chi connectivity index (χ4n) is 3.76. The highest BCUT2D eigenvalue weighted by molar-refractivity contribution is 5.96. The summed E-state index contributed by atoms with van der Waals surface area (Å²) in [6.07, 6.45) is 0.844. The van der Waals surface area contributed by atoms with Crippen LogP contribution in [-0.4, -0.2) is 48.3 Å². The van der Waals surface area contributed by atoms with Gasteiger partial charge in [0.05, 0.1) is 5.41 Å². The second kappa shape index (κ2) is 9.42. The molecule has 1 saturated heterocycles. The summed E-state index contributed by atoms with van der Waals surface area (Å²) in [4.78, 5) is 49.9. The zero-order chi connectivity index (χ0) is 22.4. The van der Waals surface area contributed by atoms with Gasteiger partial charge in [-0.15, -0.1) is 0 Å². The van der Waals surface area contributed by atoms with Crippen molar-refractivity contribution in [2.75, 3.05) is 25.0 Å². The predicted molar refractivity (Wildman–Crippen MR) is 114 cm³/mol. The molecular weight excluding hydrogens is 398 g/mol. The van der Waals surface area contributed by atoms with Crippen LogP contribution in [0.1, 0.15) is 35.7 Å². The van der Waals surface area contributed by atoms with Gasteiger partial charge >= 0.3 is 5.97 Å². The van der Waals surface area contributed by atoms with E-state index in [0.29, 0.717) is 37.2 Å². The van der Waals surface area contributed by atoms with Gasteiger partial charge in [0.1, 0.15) is 0 Å². The van der Waals surface area contributed by atoms with Crippen LogP contribution in [0.3, 0.4) is 0 Å². The van der Waals surface area contributed by atoms with Crippen molar-refractivity contribution in [2.45, 2.75) is 25.2 Å². The molecule has 0 aliphatic carbocycles. The van der Waals surface area contributed by atoms with Crippen LogP contribution in [0.2, 0.25) is 0 Å². The maximum Gasteiger partial charge on any atom is 0.317 e. The van der Waals surface area contributed by atoms with Crippen molar-refractivity contribution in [1.82, 2.24) is 4.90 Å². The standard InChI is InChI=1S/C23H25N3O5/c1-16(27)26-13-11-23(12-14-26,18-5-3-2-4-6-18)22(30)31-15-20(28)25-19-9-7-17(8-10-19)21(24)29/h2-10H,11-15H2,1H3,(H2,24,29)(H,25,28). The van der Waals surface area contributed by atoms with E-state index in [1.807, 2.05) is 30.3 Å². The molecule has 8 heteroatoms. The fourth-order valence-corrected chi connectivity index (χ4v) is 3.76. The van der Waals surface area contributed by atoms with Gasteiger partial charge in [0.15, 0.2) is 6.61 Å². The number of benzene rings is 2. The Balaban J connectivity index is 1.66. The van der Waals surface area contributed by atoms with E-state index in [1.165, 1.54) is 19.1 Å². The van der Waals surface area contributed by atoms with Crippen LogP contribution in [0.5, 0.6) is 0 Å². The van der Waals surface area contributed by atoms with Crippen LogP contribution < -0.4 is 11.1 Å². The minimum atomic E-state index is -0.906. The number of ether oxygens (including phenoxy) is 1. The molecule has 1 heterocycles. The zero-order valence-corrected chi connectivity index (χ0v) is 17.3. The molecular formula is C23H25N3O5. The highest BCUT2D eigenvalue weighted by Gasteiger charge is 2.44. The number of carbonyl (C=O) groups is 4. The largest absolute Gasteiger partial charge is 0.455 e. The number of hydrogen-bond donors (Lipinski definition) is 2. The molecule has 1 aliphatic heterocycles. The van der Waals surface area contributed by atoms with Crippen LogP contribution >= 0.6 is 0 Å². The third-order valence-electron chi connectivity index (χ3n) is 5.57. The van der Waals surface area contributed by atoms with E-state index in [-0.39, 0.29) is 5.91 Å². The summed E-state index contributed by atoms with van der Waals surface area (Å²) in [6, 6.07) is 15.4. The molecule has 0 bridgehead atoms. The van der Waals surface area contributed by atoms with Gasteiger partial charge in [-0.1, -0.05) is 30.3 Å². The Morgan fingerprint density at radius 3 is 2.16 bits per heavy atom. The average Bonchev–Trinajstić information content (AvgIpc) is 2.78. The summed E-state index contributed by atoms with van der Waals surface area (Å²) < 4.78 is 5.40. The molecule has 3 N–H and O–H groups in total. The smallest absolute Gasteiger partial charge is 0.317 e. The Labute approximate surface area is 180 Å². The molecule has 0 saturated carbocycles. The maximum atomic E-state index is 13.1. The first-order chi connectivity index (χ1) is 14.8. The lowest BCUT2D eigenvalue weighted by molar-refractivity contribution is -0.156. The predicted octanol–water partition coefficient (Wildman–Crippen LogP) is 1.85. The van der Waals surface area contributed by atoms with E-state index in [2.05, 4.69) is 5.32 Å². The Hall–Kier alpha value is -3.68. The summed E-state index contributed by atoms with van der Waals surface area (Å²) in [5.41, 5.74) is 5.88. The number of esters is 1. The Bertz CT molecular complexity index is 964. The highest BCUT2D eigenvalue weighted by Crippen LogP contribution is 2.37. The number of nitrogens with one attached hydrogen (secondary N) is 1. The summed E-state index contributed by atoms with van der Waals surface area (Å²) in [6.45, 7) is 1.95. The number of nitrogens with zero attached hydrogens (tertiary/aromatic N) is 1. The molecule has 31 heavy (non-hydrogen) atoms. The topological polar surface area (TPSA) is 119 Å². The minimum absolute atomic E-state index is 0.0308. The number of anilines is 1. The normalized spacial score (nSPS) is 15.1. The molecule has 3 amide bonds. The van der Waals surface area contributed by atoms with Crippen LogP contribution in [0.15, 0.2) is 54.6 Å². The number of nitrogens with two attached hydrogens (primary N) is 1. The Kier molecular flexibility index (Phi) is 6.69. The van der Waals surface area contributed by atoms with Crippen molar-refractivity contribution in [3.63, 3.8) is 0 Å². The van der Waals surface area contributed by atoms with E-state index < -0.39 is 29.8 Å². The first kappa shape index (κ1) is 22.0. The molecule has 0 spiro atoms. The van der Waals surface area contributed by atoms with Gasteiger partial charge in [-0.25, -0.2) is 0 Å². The molecule has 0 unspecified atom stereocenters. The summed E-state index contributed by atoms with van der Waals surface area (Å²) in [5, 5.41) is 2.62. The van der Waals surface area contributed by atoms with Crippen LogP contribution in [0, 0.1) is 0 Å². The summed E-state index contributed by atoms with van der Waals surface area (Å²) >= 11 is 0. The molecule has 1 fully saturated rings. The number of piperidine rings is 1. The number of rotatable bonds is 6. The number of carbonyl (C=O) groups excluding carboxylic acids is 4. The molecule has 2 aromatic carbocycles. The van der Waals surface area contributed by atoms with Crippen molar-refractivity contribution >= 4 is 29.4 Å². The summed E-state index contributed by atoms with van der Waals surface area (Å²) in [5.74, 6) is -1.57. The van der Waals surface area contributed by atoms with E-state index in [4.69, 9.17) is 10.5 Å². The van der Waals surface area contributed by atoms with Crippen molar-refractivity contribution in [2.24, 2.45) is 5.73 Å². The second-order valence-corrected chi connectivity index (χ2v) is 7.52. The second-order valence-electron chi connectivity index (χ2n) is 7.52. The molecule has 162 valence electrons.